The van der Waals surface area contributed by atoms with Crippen molar-refractivity contribution in [3.05, 3.63) is 54.1 Å². The van der Waals surface area contributed by atoms with Crippen molar-refractivity contribution in [2.75, 3.05) is 11.5 Å². The van der Waals surface area contributed by atoms with Gasteiger partial charge in [-0.15, -0.1) is 0 Å². The maximum absolute atomic E-state index is 12.1. The third-order valence-electron chi connectivity index (χ3n) is 3.24. The number of hydrogen-bond donors (Lipinski definition) is 0. The summed E-state index contributed by atoms with van der Waals surface area (Å²) < 4.78 is 5.40. The van der Waals surface area contributed by atoms with E-state index in [0.29, 0.717) is 11.3 Å². The lowest BCUT2D eigenvalue weighted by molar-refractivity contribution is -0.120. The Kier molecular flexibility index (Phi) is 2.99. The van der Waals surface area contributed by atoms with Crippen molar-refractivity contribution in [3.63, 3.8) is 0 Å². The smallest absolute Gasteiger partial charge is 0.269 e. The molecule has 0 bridgehead atoms. The topological polar surface area (TPSA) is 46.6 Å². The van der Waals surface area contributed by atoms with Crippen LogP contribution in [0.25, 0.3) is 0 Å². The molecule has 4 heteroatoms. The van der Waals surface area contributed by atoms with Crippen LogP contribution in [0.15, 0.2) is 48.5 Å². The number of amides is 1. The van der Waals surface area contributed by atoms with E-state index in [4.69, 9.17) is 4.74 Å². The second-order valence-electron chi connectivity index (χ2n) is 4.59. The molecule has 0 radical (unpaired) electrons. The molecule has 100 valence electrons. The highest BCUT2D eigenvalue weighted by Crippen LogP contribution is 2.36. The van der Waals surface area contributed by atoms with Gasteiger partial charge in [-0.25, -0.2) is 0 Å². The second-order valence-corrected chi connectivity index (χ2v) is 4.59. The molecule has 4 nitrogen and oxygen atoms in total. The van der Waals surface area contributed by atoms with Crippen LogP contribution in [-0.4, -0.2) is 18.3 Å². The van der Waals surface area contributed by atoms with Gasteiger partial charge < -0.3 is 4.74 Å². The molecule has 1 heterocycles. The van der Waals surface area contributed by atoms with Crippen molar-refractivity contribution in [3.8, 4) is 5.75 Å². The quantitative estimate of drug-likeness (QED) is 0.786. The fourth-order valence-electron chi connectivity index (χ4n) is 2.23. The van der Waals surface area contributed by atoms with Crippen LogP contribution in [0.3, 0.4) is 0 Å². The molecule has 0 atom stereocenters. The number of Topliss-reactive ketones (excluding diaryl/α,β-unsaturated/α-hetero) is 1. The van der Waals surface area contributed by atoms with Crippen LogP contribution >= 0.6 is 0 Å². The highest BCUT2D eigenvalue weighted by molar-refractivity contribution is 6.04. The van der Waals surface area contributed by atoms with Crippen LogP contribution in [0.5, 0.6) is 5.75 Å². The first-order valence-corrected chi connectivity index (χ1v) is 6.32. The number of carbonyl (C=O) groups excluding carboxylic acids is 2. The molecule has 3 rings (SSSR count). The van der Waals surface area contributed by atoms with Gasteiger partial charge in [0, 0.05) is 11.3 Å². The predicted octanol–water partition coefficient (Wildman–Crippen LogP) is 2.95. The predicted molar refractivity (Wildman–Crippen MR) is 75.5 cm³/mol. The number of rotatable bonds is 2. The van der Waals surface area contributed by atoms with Gasteiger partial charge in [0.1, 0.15) is 5.75 Å². The van der Waals surface area contributed by atoms with Crippen molar-refractivity contribution >= 4 is 23.1 Å². The monoisotopic (exact) mass is 267 g/mol. The van der Waals surface area contributed by atoms with Gasteiger partial charge in [0.25, 0.3) is 5.91 Å². The van der Waals surface area contributed by atoms with Crippen molar-refractivity contribution in [1.29, 1.82) is 0 Å². The molecule has 1 aliphatic heterocycles. The van der Waals surface area contributed by atoms with Gasteiger partial charge in [-0.3, -0.25) is 14.5 Å². The average molecular weight is 267 g/mol. The van der Waals surface area contributed by atoms with E-state index < -0.39 is 0 Å². The number of ketones is 1. The van der Waals surface area contributed by atoms with Gasteiger partial charge in [-0.1, -0.05) is 12.1 Å². The molecular formula is C16H13NO3. The zero-order valence-electron chi connectivity index (χ0n) is 11.0. The van der Waals surface area contributed by atoms with E-state index in [2.05, 4.69) is 0 Å². The average Bonchev–Trinajstić information content (AvgIpc) is 2.47. The van der Waals surface area contributed by atoms with E-state index in [9.17, 15) is 9.59 Å². The summed E-state index contributed by atoms with van der Waals surface area (Å²) in [5, 5.41) is 0. The van der Waals surface area contributed by atoms with Gasteiger partial charge in [0.05, 0.1) is 5.69 Å². The molecule has 20 heavy (non-hydrogen) atoms. The van der Waals surface area contributed by atoms with Crippen LogP contribution in [0.4, 0.5) is 11.4 Å². The molecule has 0 spiro atoms. The Balaban J connectivity index is 2.04. The normalized spacial score (nSPS) is 13.7. The molecule has 0 aliphatic carbocycles. The number of carbonyl (C=O) groups is 2. The summed E-state index contributed by atoms with van der Waals surface area (Å²) >= 11 is 0. The van der Waals surface area contributed by atoms with Crippen molar-refractivity contribution in [2.45, 2.75) is 6.92 Å². The summed E-state index contributed by atoms with van der Waals surface area (Å²) in [6, 6.07) is 14.4. The van der Waals surface area contributed by atoms with E-state index >= 15 is 0 Å². The molecular weight excluding hydrogens is 254 g/mol. The molecule has 0 aromatic heterocycles. The molecule has 0 N–H and O–H groups in total. The van der Waals surface area contributed by atoms with Crippen molar-refractivity contribution < 1.29 is 14.3 Å². The maximum atomic E-state index is 12.1. The van der Waals surface area contributed by atoms with E-state index in [1.807, 2.05) is 24.3 Å². The van der Waals surface area contributed by atoms with Gasteiger partial charge >= 0.3 is 0 Å². The SMILES string of the molecule is CC(=O)c1ccc(N2C(=O)COc3ccccc32)cc1. The number of fused-ring (bicyclic) bond motifs is 1. The molecule has 0 saturated heterocycles. The van der Waals surface area contributed by atoms with Crippen molar-refractivity contribution in [1.82, 2.24) is 0 Å². The van der Waals surface area contributed by atoms with E-state index in [1.54, 1.807) is 29.2 Å². The van der Waals surface area contributed by atoms with Crippen LogP contribution in [0.2, 0.25) is 0 Å². The summed E-state index contributed by atoms with van der Waals surface area (Å²) in [4.78, 5) is 25.0. The highest BCUT2D eigenvalue weighted by atomic mass is 16.5. The Morgan fingerprint density at radius 2 is 1.80 bits per heavy atom. The molecule has 2 aromatic rings. The standard InChI is InChI=1S/C16H13NO3/c1-11(18)12-6-8-13(9-7-12)17-14-4-2-3-5-15(14)20-10-16(17)19/h2-9H,10H2,1H3. The molecule has 1 amide bonds. The number of nitrogens with zero attached hydrogens (tertiary/aromatic N) is 1. The Hall–Kier alpha value is -2.62. The zero-order chi connectivity index (χ0) is 14.1. The summed E-state index contributed by atoms with van der Waals surface area (Å²) in [7, 11) is 0. The van der Waals surface area contributed by atoms with E-state index in [-0.39, 0.29) is 18.3 Å². The lowest BCUT2D eigenvalue weighted by Crippen LogP contribution is -2.35. The number of hydrogen-bond acceptors (Lipinski definition) is 3. The number of benzene rings is 2. The molecule has 0 saturated carbocycles. The third kappa shape index (κ3) is 2.05. The lowest BCUT2D eigenvalue weighted by atomic mass is 10.1. The minimum Gasteiger partial charge on any atom is -0.482 e. The summed E-state index contributed by atoms with van der Waals surface area (Å²) in [6.45, 7) is 1.54. The first-order valence-electron chi connectivity index (χ1n) is 6.32. The first kappa shape index (κ1) is 12.4. The lowest BCUT2D eigenvalue weighted by Gasteiger charge is -2.29. The van der Waals surface area contributed by atoms with E-state index in [1.165, 1.54) is 6.92 Å². The van der Waals surface area contributed by atoms with Crippen LogP contribution in [-0.2, 0) is 4.79 Å². The van der Waals surface area contributed by atoms with E-state index in [0.717, 1.165) is 11.4 Å². The Bertz CT molecular complexity index is 676. The molecule has 0 unspecified atom stereocenters. The Labute approximate surface area is 116 Å². The van der Waals surface area contributed by atoms with Crippen LogP contribution < -0.4 is 9.64 Å². The third-order valence-corrected chi connectivity index (χ3v) is 3.24. The maximum Gasteiger partial charge on any atom is 0.269 e. The van der Waals surface area contributed by atoms with Crippen LogP contribution in [0, 0.1) is 0 Å². The second kappa shape index (κ2) is 4.81. The molecule has 1 aliphatic rings. The minimum absolute atomic E-state index is 0.00486. The fraction of sp³-hybridized carbons (Fsp3) is 0.125. The number of para-hydroxylation sites is 2. The summed E-state index contributed by atoms with van der Waals surface area (Å²) in [6.07, 6.45) is 0. The van der Waals surface area contributed by atoms with Gasteiger partial charge in [-0.2, -0.15) is 0 Å². The van der Waals surface area contributed by atoms with Gasteiger partial charge in [0.15, 0.2) is 12.4 Å². The summed E-state index contributed by atoms with van der Waals surface area (Å²) in [5.74, 6) is 0.562. The highest BCUT2D eigenvalue weighted by Gasteiger charge is 2.26. The van der Waals surface area contributed by atoms with Gasteiger partial charge in [0.2, 0.25) is 0 Å². The van der Waals surface area contributed by atoms with Crippen LogP contribution in [0.1, 0.15) is 17.3 Å². The van der Waals surface area contributed by atoms with Gasteiger partial charge in [-0.05, 0) is 43.3 Å². The number of anilines is 2. The summed E-state index contributed by atoms with van der Waals surface area (Å²) in [5.41, 5.74) is 2.08. The molecule has 0 fully saturated rings. The largest absolute Gasteiger partial charge is 0.482 e. The Morgan fingerprint density at radius 3 is 2.50 bits per heavy atom. The molecule has 2 aromatic carbocycles. The Morgan fingerprint density at radius 1 is 1.10 bits per heavy atom. The zero-order valence-corrected chi connectivity index (χ0v) is 11.0. The number of ether oxygens (including phenoxy) is 1. The first-order chi connectivity index (χ1) is 9.66. The minimum atomic E-state index is -0.126. The van der Waals surface area contributed by atoms with Crippen molar-refractivity contribution in [2.24, 2.45) is 0 Å². The fourth-order valence-corrected chi connectivity index (χ4v) is 2.23.